The van der Waals surface area contributed by atoms with Crippen LogP contribution in [0.25, 0.3) is 0 Å². The van der Waals surface area contributed by atoms with E-state index in [0.717, 1.165) is 31.1 Å². The van der Waals surface area contributed by atoms with Crippen LogP contribution >= 0.6 is 0 Å². The van der Waals surface area contributed by atoms with Crippen molar-refractivity contribution in [2.45, 2.75) is 13.0 Å². The Balaban J connectivity index is 1.35. The molecule has 3 aromatic carbocycles. The summed E-state index contributed by atoms with van der Waals surface area (Å²) < 4.78 is 5.79. The van der Waals surface area contributed by atoms with Crippen LogP contribution in [0.15, 0.2) is 84.9 Å². The van der Waals surface area contributed by atoms with E-state index < -0.39 is 0 Å². The Hall–Kier alpha value is -3.27. The van der Waals surface area contributed by atoms with Crippen LogP contribution in [0.4, 0.5) is 5.69 Å². The highest BCUT2D eigenvalue weighted by molar-refractivity contribution is 5.95. The van der Waals surface area contributed by atoms with Crippen molar-refractivity contribution in [2.24, 2.45) is 0 Å². The molecule has 142 valence electrons. The Morgan fingerprint density at radius 1 is 0.893 bits per heavy atom. The van der Waals surface area contributed by atoms with Crippen LogP contribution in [0.2, 0.25) is 0 Å². The minimum Gasteiger partial charge on any atom is -0.457 e. The average Bonchev–Trinajstić information content (AvgIpc) is 2.72. The molecule has 0 radical (unpaired) electrons. The number of nitrogens with zero attached hydrogens (tertiary/aromatic N) is 2. The third-order valence-corrected chi connectivity index (χ3v) is 5.10. The monoisotopic (exact) mass is 372 g/mol. The number of ether oxygens (including phenoxy) is 1. The van der Waals surface area contributed by atoms with E-state index in [1.807, 2.05) is 65.6 Å². The zero-order valence-corrected chi connectivity index (χ0v) is 16.0. The quantitative estimate of drug-likeness (QED) is 0.621. The third-order valence-electron chi connectivity index (χ3n) is 5.10. The van der Waals surface area contributed by atoms with E-state index in [4.69, 9.17) is 4.74 Å². The first kappa shape index (κ1) is 18.1. The number of carbonyl (C=O) groups excluding carboxylic acids is 1. The molecular weight excluding hydrogens is 348 g/mol. The molecule has 0 saturated carbocycles. The molecule has 0 aromatic heterocycles. The summed E-state index contributed by atoms with van der Waals surface area (Å²) in [6.07, 6.45) is 0. The molecule has 4 rings (SSSR count). The number of likely N-dealkylation sites (tertiary alicyclic amines) is 1. The predicted octanol–water partition coefficient (Wildman–Crippen LogP) is 4.83. The van der Waals surface area contributed by atoms with Gasteiger partial charge in [0.05, 0.1) is 6.04 Å². The summed E-state index contributed by atoms with van der Waals surface area (Å²) in [5, 5.41) is 0. The van der Waals surface area contributed by atoms with E-state index in [2.05, 4.69) is 36.1 Å². The van der Waals surface area contributed by atoms with E-state index in [0.29, 0.717) is 11.6 Å². The van der Waals surface area contributed by atoms with Gasteiger partial charge in [0.15, 0.2) is 0 Å². The van der Waals surface area contributed by atoms with E-state index in [-0.39, 0.29) is 5.91 Å². The molecule has 3 aromatic rings. The largest absolute Gasteiger partial charge is 0.457 e. The van der Waals surface area contributed by atoms with Crippen LogP contribution in [-0.4, -0.2) is 36.5 Å². The smallest absolute Gasteiger partial charge is 0.254 e. The molecule has 1 aliphatic rings. The number of hydrogen-bond donors (Lipinski definition) is 0. The topological polar surface area (TPSA) is 32.8 Å². The normalized spacial score (nSPS) is 13.7. The highest BCUT2D eigenvalue weighted by atomic mass is 16.5. The number of carbonyl (C=O) groups is 1. The molecule has 0 aliphatic carbocycles. The minimum atomic E-state index is 0.0756. The van der Waals surface area contributed by atoms with Gasteiger partial charge in [0.1, 0.15) is 11.5 Å². The average molecular weight is 372 g/mol. The second-order valence-electron chi connectivity index (χ2n) is 6.93. The fraction of sp³-hybridized carbons (Fsp3) is 0.208. The maximum Gasteiger partial charge on any atom is 0.254 e. The summed E-state index contributed by atoms with van der Waals surface area (Å²) in [4.78, 5) is 17.0. The van der Waals surface area contributed by atoms with E-state index >= 15 is 0 Å². The molecule has 1 aliphatic heterocycles. The molecule has 0 bridgehead atoms. The Bertz CT molecular complexity index is 904. The Morgan fingerprint density at radius 2 is 1.46 bits per heavy atom. The van der Waals surface area contributed by atoms with Gasteiger partial charge >= 0.3 is 0 Å². The number of hydrogen-bond acceptors (Lipinski definition) is 3. The maximum absolute atomic E-state index is 12.8. The zero-order chi connectivity index (χ0) is 19.3. The molecule has 1 heterocycles. The molecule has 0 atom stereocenters. The molecule has 1 fully saturated rings. The van der Waals surface area contributed by atoms with Crippen molar-refractivity contribution >= 4 is 11.6 Å². The molecule has 4 heteroatoms. The van der Waals surface area contributed by atoms with E-state index in [9.17, 15) is 4.79 Å². The van der Waals surface area contributed by atoms with Gasteiger partial charge in [-0.05, 0) is 55.5 Å². The van der Waals surface area contributed by atoms with Crippen molar-refractivity contribution in [3.05, 3.63) is 90.5 Å². The standard InChI is InChI=1S/C24H24N2O2/c1-2-26(20-9-5-3-6-10-20)21-17-25(18-21)24(27)19-13-15-23(16-14-19)28-22-11-7-4-8-12-22/h3-16,21H,2,17-18H2,1H3. The van der Waals surface area contributed by atoms with Gasteiger partial charge in [-0.1, -0.05) is 36.4 Å². The summed E-state index contributed by atoms with van der Waals surface area (Å²) in [5.41, 5.74) is 1.91. The highest BCUT2D eigenvalue weighted by Gasteiger charge is 2.34. The van der Waals surface area contributed by atoms with Crippen molar-refractivity contribution < 1.29 is 9.53 Å². The van der Waals surface area contributed by atoms with E-state index in [1.165, 1.54) is 5.69 Å². The van der Waals surface area contributed by atoms with Crippen molar-refractivity contribution in [3.63, 3.8) is 0 Å². The van der Waals surface area contributed by atoms with Crippen molar-refractivity contribution in [1.82, 2.24) is 4.90 Å². The maximum atomic E-state index is 12.8. The lowest BCUT2D eigenvalue weighted by atomic mass is 10.0. The van der Waals surface area contributed by atoms with Crippen molar-refractivity contribution in [1.29, 1.82) is 0 Å². The van der Waals surface area contributed by atoms with Gasteiger partial charge in [0, 0.05) is 30.9 Å². The zero-order valence-electron chi connectivity index (χ0n) is 16.0. The molecule has 28 heavy (non-hydrogen) atoms. The number of anilines is 1. The van der Waals surface area contributed by atoms with Crippen molar-refractivity contribution in [2.75, 3.05) is 24.5 Å². The Morgan fingerprint density at radius 3 is 2.07 bits per heavy atom. The van der Waals surface area contributed by atoms with Gasteiger partial charge in [0.2, 0.25) is 0 Å². The number of rotatable bonds is 6. The van der Waals surface area contributed by atoms with Crippen LogP contribution in [0.1, 0.15) is 17.3 Å². The lowest BCUT2D eigenvalue weighted by Crippen LogP contribution is -2.61. The second kappa shape index (κ2) is 8.17. The number of likely N-dealkylation sites (N-methyl/N-ethyl adjacent to an activating group) is 1. The van der Waals surface area contributed by atoms with Crippen LogP contribution in [0, 0.1) is 0 Å². The Kier molecular flexibility index (Phi) is 5.29. The second-order valence-corrected chi connectivity index (χ2v) is 6.93. The first-order chi connectivity index (χ1) is 13.7. The van der Waals surface area contributed by atoms with Gasteiger partial charge in [-0.25, -0.2) is 0 Å². The molecule has 1 saturated heterocycles. The molecule has 0 N–H and O–H groups in total. The fourth-order valence-electron chi connectivity index (χ4n) is 3.56. The SMILES string of the molecule is CCN(c1ccccc1)C1CN(C(=O)c2ccc(Oc3ccccc3)cc2)C1. The molecule has 1 amide bonds. The summed E-state index contributed by atoms with van der Waals surface area (Å²) >= 11 is 0. The first-order valence-corrected chi connectivity index (χ1v) is 9.68. The van der Waals surface area contributed by atoms with Gasteiger partial charge < -0.3 is 14.5 Å². The van der Waals surface area contributed by atoms with Crippen molar-refractivity contribution in [3.8, 4) is 11.5 Å². The summed E-state index contributed by atoms with van der Waals surface area (Å²) in [5.74, 6) is 1.59. The molecule has 0 unspecified atom stereocenters. The van der Waals surface area contributed by atoms with Gasteiger partial charge in [-0.2, -0.15) is 0 Å². The summed E-state index contributed by atoms with van der Waals surface area (Å²) in [6.45, 7) is 4.60. The van der Waals surface area contributed by atoms with Crippen LogP contribution in [0.5, 0.6) is 11.5 Å². The van der Waals surface area contributed by atoms with Crippen LogP contribution in [-0.2, 0) is 0 Å². The number of amides is 1. The lowest BCUT2D eigenvalue weighted by Gasteiger charge is -2.46. The molecular formula is C24H24N2O2. The minimum absolute atomic E-state index is 0.0756. The number of benzene rings is 3. The van der Waals surface area contributed by atoms with Gasteiger partial charge in [0.25, 0.3) is 5.91 Å². The van der Waals surface area contributed by atoms with E-state index in [1.54, 1.807) is 0 Å². The van der Waals surface area contributed by atoms with Crippen LogP contribution in [0.3, 0.4) is 0 Å². The van der Waals surface area contributed by atoms with Gasteiger partial charge in [-0.15, -0.1) is 0 Å². The van der Waals surface area contributed by atoms with Gasteiger partial charge in [-0.3, -0.25) is 4.79 Å². The molecule has 4 nitrogen and oxygen atoms in total. The number of para-hydroxylation sites is 2. The Labute approximate surface area is 166 Å². The molecule has 0 spiro atoms. The van der Waals surface area contributed by atoms with Crippen LogP contribution < -0.4 is 9.64 Å². The fourth-order valence-corrected chi connectivity index (χ4v) is 3.56. The summed E-state index contributed by atoms with van der Waals surface area (Å²) in [7, 11) is 0. The third kappa shape index (κ3) is 3.86. The predicted molar refractivity (Wildman–Crippen MR) is 112 cm³/mol. The lowest BCUT2D eigenvalue weighted by molar-refractivity contribution is 0.0600. The highest BCUT2D eigenvalue weighted by Crippen LogP contribution is 2.25. The summed E-state index contributed by atoms with van der Waals surface area (Å²) in [6, 6.07) is 27.8. The first-order valence-electron chi connectivity index (χ1n) is 9.68.